The average molecular weight is 301 g/mol. The molecule has 0 spiro atoms. The molecule has 19 heavy (non-hydrogen) atoms. The first kappa shape index (κ1) is 14.3. The highest BCUT2D eigenvalue weighted by Crippen LogP contribution is 2.22. The number of anilines is 1. The monoisotopic (exact) mass is 300 g/mol. The molecule has 1 aliphatic rings. The zero-order valence-electron chi connectivity index (χ0n) is 10.6. The Morgan fingerprint density at radius 2 is 2.00 bits per heavy atom. The van der Waals surface area contributed by atoms with Gasteiger partial charge in [-0.05, 0) is 37.5 Å². The van der Waals surface area contributed by atoms with Gasteiger partial charge in [0.05, 0.1) is 15.7 Å². The topological polar surface area (TPSA) is 63.4 Å². The van der Waals surface area contributed by atoms with E-state index in [9.17, 15) is 9.00 Å². The predicted molar refractivity (Wildman–Crippen MR) is 77.6 cm³/mol. The molecule has 0 bridgehead atoms. The number of amides is 1. The van der Waals surface area contributed by atoms with Gasteiger partial charge in [0.1, 0.15) is 5.75 Å². The van der Waals surface area contributed by atoms with Gasteiger partial charge in [-0.1, -0.05) is 11.6 Å². The molecule has 6 heteroatoms. The Morgan fingerprint density at radius 3 is 2.68 bits per heavy atom. The molecule has 0 saturated carbocycles. The van der Waals surface area contributed by atoms with E-state index in [0.29, 0.717) is 15.6 Å². The van der Waals surface area contributed by atoms with Crippen molar-refractivity contribution < 1.29 is 9.00 Å². The fraction of sp³-hybridized carbons (Fsp3) is 0.462. The van der Waals surface area contributed by atoms with Gasteiger partial charge < -0.3 is 10.6 Å². The van der Waals surface area contributed by atoms with Crippen LogP contribution in [0.3, 0.4) is 0 Å². The van der Waals surface area contributed by atoms with Crippen LogP contribution in [0.25, 0.3) is 0 Å². The third-order valence-electron chi connectivity index (χ3n) is 3.18. The van der Waals surface area contributed by atoms with Gasteiger partial charge in [-0.15, -0.1) is 0 Å². The van der Waals surface area contributed by atoms with Crippen molar-refractivity contribution in [2.75, 3.05) is 24.6 Å². The first-order chi connectivity index (χ1) is 9.08. The number of likely N-dealkylation sites (tertiary alicyclic amines) is 1. The predicted octanol–water partition coefficient (Wildman–Crippen LogP) is 2.04. The van der Waals surface area contributed by atoms with Gasteiger partial charge in [-0.3, -0.25) is 9.00 Å². The van der Waals surface area contributed by atoms with Crippen LogP contribution in [0.15, 0.2) is 23.1 Å². The molecule has 1 aromatic carbocycles. The summed E-state index contributed by atoms with van der Waals surface area (Å²) >= 11 is 5.86. The van der Waals surface area contributed by atoms with E-state index in [1.54, 1.807) is 23.1 Å². The largest absolute Gasteiger partial charge is 0.398 e. The number of piperidine rings is 1. The highest BCUT2D eigenvalue weighted by atomic mass is 35.5. The molecular weight excluding hydrogens is 284 g/mol. The number of carbonyl (C=O) groups excluding carboxylic acids is 1. The number of hydrogen-bond acceptors (Lipinski definition) is 3. The van der Waals surface area contributed by atoms with Crippen LogP contribution >= 0.6 is 11.6 Å². The van der Waals surface area contributed by atoms with Crippen LogP contribution < -0.4 is 5.73 Å². The molecule has 1 heterocycles. The first-order valence-corrected chi connectivity index (χ1v) is 7.99. The Labute approximate surface area is 120 Å². The lowest BCUT2D eigenvalue weighted by Crippen LogP contribution is -2.38. The second-order valence-electron chi connectivity index (χ2n) is 4.61. The molecule has 0 aromatic heterocycles. The third-order valence-corrected chi connectivity index (χ3v) is 4.77. The molecule has 2 rings (SSSR count). The van der Waals surface area contributed by atoms with Crippen molar-refractivity contribution in [3.8, 4) is 0 Å². The van der Waals surface area contributed by atoms with E-state index in [1.807, 2.05) is 0 Å². The number of nitrogens with zero attached hydrogens (tertiary/aromatic N) is 1. The lowest BCUT2D eigenvalue weighted by Gasteiger charge is -2.26. The molecular formula is C13H17ClN2O2S. The van der Waals surface area contributed by atoms with E-state index >= 15 is 0 Å². The summed E-state index contributed by atoms with van der Waals surface area (Å²) in [6.45, 7) is 1.53. The number of nitrogen functional groups attached to an aromatic ring is 1. The van der Waals surface area contributed by atoms with E-state index < -0.39 is 10.8 Å². The van der Waals surface area contributed by atoms with Gasteiger partial charge in [0.25, 0.3) is 0 Å². The van der Waals surface area contributed by atoms with Crippen LogP contribution in [-0.4, -0.2) is 33.9 Å². The van der Waals surface area contributed by atoms with Crippen molar-refractivity contribution in [2.45, 2.75) is 24.2 Å². The van der Waals surface area contributed by atoms with Crippen molar-refractivity contribution >= 4 is 34.0 Å². The summed E-state index contributed by atoms with van der Waals surface area (Å²) in [5.74, 6) is -0.0951. The summed E-state index contributed by atoms with van der Waals surface area (Å²) in [5, 5.41) is 0.475. The standard InChI is InChI=1S/C13H17ClN2O2S/c14-10-4-5-11(15)12(8-10)19(18)9-13(17)16-6-2-1-3-7-16/h4-5,8H,1-3,6-7,9,15H2. The molecule has 1 saturated heterocycles. The fourth-order valence-corrected chi connectivity index (χ4v) is 3.52. The highest BCUT2D eigenvalue weighted by Gasteiger charge is 2.20. The number of halogens is 1. The van der Waals surface area contributed by atoms with Crippen molar-refractivity contribution in [2.24, 2.45) is 0 Å². The van der Waals surface area contributed by atoms with Gasteiger partial charge in [0.2, 0.25) is 5.91 Å². The van der Waals surface area contributed by atoms with Crippen LogP contribution in [-0.2, 0) is 15.6 Å². The smallest absolute Gasteiger partial charge is 0.235 e. The molecule has 1 aliphatic heterocycles. The Balaban J connectivity index is 2.04. The maximum atomic E-state index is 12.2. The van der Waals surface area contributed by atoms with E-state index in [0.717, 1.165) is 32.4 Å². The van der Waals surface area contributed by atoms with Gasteiger partial charge in [-0.2, -0.15) is 0 Å². The van der Waals surface area contributed by atoms with Crippen molar-refractivity contribution in [3.63, 3.8) is 0 Å². The quantitative estimate of drug-likeness (QED) is 0.869. The summed E-state index contributed by atoms with van der Waals surface area (Å²) in [7, 11) is -1.44. The molecule has 4 nitrogen and oxygen atoms in total. The molecule has 1 unspecified atom stereocenters. The lowest BCUT2D eigenvalue weighted by molar-refractivity contribution is -0.129. The number of rotatable bonds is 3. The second-order valence-corrected chi connectivity index (χ2v) is 6.47. The first-order valence-electron chi connectivity index (χ1n) is 6.29. The highest BCUT2D eigenvalue weighted by molar-refractivity contribution is 7.86. The van der Waals surface area contributed by atoms with E-state index in [4.69, 9.17) is 17.3 Å². The molecule has 104 valence electrons. The summed E-state index contributed by atoms with van der Waals surface area (Å²) < 4.78 is 12.2. The van der Waals surface area contributed by atoms with E-state index in [2.05, 4.69) is 0 Å². The van der Waals surface area contributed by atoms with Gasteiger partial charge in [-0.25, -0.2) is 0 Å². The average Bonchev–Trinajstić information content (AvgIpc) is 2.42. The van der Waals surface area contributed by atoms with Crippen molar-refractivity contribution in [1.82, 2.24) is 4.90 Å². The number of benzene rings is 1. The maximum absolute atomic E-state index is 12.2. The van der Waals surface area contributed by atoms with Crippen LogP contribution in [0, 0.1) is 0 Å². The van der Waals surface area contributed by atoms with E-state index in [1.165, 1.54) is 0 Å². The van der Waals surface area contributed by atoms with Crippen molar-refractivity contribution in [1.29, 1.82) is 0 Å². The summed E-state index contributed by atoms with van der Waals surface area (Å²) in [6.07, 6.45) is 3.21. The summed E-state index contributed by atoms with van der Waals surface area (Å²) in [4.78, 5) is 14.3. The van der Waals surface area contributed by atoms with Gasteiger partial charge in [0.15, 0.2) is 0 Å². The molecule has 0 radical (unpaired) electrons. The van der Waals surface area contributed by atoms with Crippen molar-refractivity contribution in [3.05, 3.63) is 23.2 Å². The normalized spacial score (nSPS) is 17.2. The third kappa shape index (κ3) is 3.70. The van der Waals surface area contributed by atoms with Crippen LogP contribution in [0.4, 0.5) is 5.69 Å². The maximum Gasteiger partial charge on any atom is 0.235 e. The van der Waals surface area contributed by atoms with E-state index in [-0.39, 0.29) is 11.7 Å². The van der Waals surface area contributed by atoms with Crippen LogP contribution in [0.1, 0.15) is 19.3 Å². The molecule has 0 aliphatic carbocycles. The molecule has 1 fully saturated rings. The number of carbonyl (C=O) groups is 1. The van der Waals surface area contributed by atoms with Gasteiger partial charge in [0, 0.05) is 23.8 Å². The lowest BCUT2D eigenvalue weighted by atomic mass is 10.1. The minimum Gasteiger partial charge on any atom is -0.398 e. The summed E-state index contributed by atoms with van der Waals surface area (Å²) in [6, 6.07) is 4.82. The Hall–Kier alpha value is -1.07. The van der Waals surface area contributed by atoms with Crippen LogP contribution in [0.2, 0.25) is 5.02 Å². The fourth-order valence-electron chi connectivity index (χ4n) is 2.13. The minimum absolute atomic E-state index is 0.0233. The summed E-state index contributed by atoms with van der Waals surface area (Å²) in [5.41, 5.74) is 6.18. The number of nitrogens with two attached hydrogens (primary N) is 1. The Kier molecular flexibility index (Phi) is 4.82. The Morgan fingerprint density at radius 1 is 1.32 bits per heavy atom. The molecule has 1 atom stereocenters. The minimum atomic E-state index is -1.44. The Bertz CT molecular complexity index is 501. The zero-order chi connectivity index (χ0) is 13.8. The van der Waals surface area contributed by atoms with Crippen LogP contribution in [0.5, 0.6) is 0 Å². The second kappa shape index (κ2) is 6.39. The SMILES string of the molecule is Nc1ccc(Cl)cc1S(=O)CC(=O)N1CCCCC1. The molecule has 1 amide bonds. The van der Waals surface area contributed by atoms with Gasteiger partial charge >= 0.3 is 0 Å². The molecule has 1 aromatic rings. The zero-order valence-corrected chi connectivity index (χ0v) is 12.2. The molecule has 2 N–H and O–H groups in total. The number of hydrogen-bond donors (Lipinski definition) is 1.